The van der Waals surface area contributed by atoms with Gasteiger partial charge >= 0.3 is 0 Å². The van der Waals surface area contributed by atoms with Crippen LogP contribution in [0.1, 0.15) is 11.6 Å². The first-order chi connectivity index (χ1) is 7.77. The Hall–Kier alpha value is -0.900. The van der Waals surface area contributed by atoms with Crippen molar-refractivity contribution in [1.29, 1.82) is 0 Å². The Morgan fingerprint density at radius 3 is 2.50 bits per heavy atom. The van der Waals surface area contributed by atoms with E-state index >= 15 is 0 Å². The zero-order valence-electron chi connectivity index (χ0n) is 10.1. The standard InChI is InChI=1S/C13H21N3/c1-16(2)13(10-15-12-8-14-9-12)11-6-4-3-5-7-11/h3-7,12-15H,8-10H2,1-2H3. The third-order valence-electron chi connectivity index (χ3n) is 3.19. The molecule has 88 valence electrons. The maximum Gasteiger partial charge on any atom is 0.0466 e. The molecular formula is C13H21N3. The van der Waals surface area contributed by atoms with Crippen LogP contribution in [0.15, 0.2) is 30.3 Å². The number of benzene rings is 1. The van der Waals surface area contributed by atoms with Crippen LogP contribution in [-0.4, -0.2) is 44.7 Å². The lowest BCUT2D eigenvalue weighted by atomic mass is 10.1. The number of hydrogen-bond acceptors (Lipinski definition) is 3. The van der Waals surface area contributed by atoms with Gasteiger partial charge in [-0.3, -0.25) is 0 Å². The van der Waals surface area contributed by atoms with Crippen LogP contribution >= 0.6 is 0 Å². The molecule has 1 aromatic rings. The fourth-order valence-corrected chi connectivity index (χ4v) is 1.99. The summed E-state index contributed by atoms with van der Waals surface area (Å²) in [5, 5.41) is 6.87. The topological polar surface area (TPSA) is 27.3 Å². The quantitative estimate of drug-likeness (QED) is 0.769. The molecule has 16 heavy (non-hydrogen) atoms. The highest BCUT2D eigenvalue weighted by molar-refractivity contribution is 5.19. The molecule has 0 bridgehead atoms. The molecular weight excluding hydrogens is 198 g/mol. The zero-order chi connectivity index (χ0) is 11.4. The van der Waals surface area contributed by atoms with Crippen molar-refractivity contribution in [2.45, 2.75) is 12.1 Å². The SMILES string of the molecule is CN(C)C(CNC1CNC1)c1ccccc1. The largest absolute Gasteiger partial charge is 0.314 e. The fraction of sp³-hybridized carbons (Fsp3) is 0.538. The number of nitrogens with zero attached hydrogens (tertiary/aromatic N) is 1. The van der Waals surface area contributed by atoms with Crippen LogP contribution in [0.3, 0.4) is 0 Å². The van der Waals surface area contributed by atoms with Gasteiger partial charge in [0.05, 0.1) is 0 Å². The van der Waals surface area contributed by atoms with Crippen molar-refractivity contribution in [3.05, 3.63) is 35.9 Å². The molecule has 0 aromatic heterocycles. The smallest absolute Gasteiger partial charge is 0.0466 e. The van der Waals surface area contributed by atoms with Crippen LogP contribution in [0.4, 0.5) is 0 Å². The molecule has 3 nitrogen and oxygen atoms in total. The van der Waals surface area contributed by atoms with Gasteiger partial charge in [0.1, 0.15) is 0 Å². The fourth-order valence-electron chi connectivity index (χ4n) is 1.99. The van der Waals surface area contributed by atoms with Crippen LogP contribution in [0.2, 0.25) is 0 Å². The van der Waals surface area contributed by atoms with Crippen molar-refractivity contribution in [1.82, 2.24) is 15.5 Å². The molecule has 0 spiro atoms. The van der Waals surface area contributed by atoms with E-state index in [0.29, 0.717) is 12.1 Å². The van der Waals surface area contributed by atoms with Gasteiger partial charge in [0, 0.05) is 31.7 Å². The maximum atomic E-state index is 3.59. The molecule has 3 heteroatoms. The van der Waals surface area contributed by atoms with Gasteiger partial charge in [-0.15, -0.1) is 0 Å². The van der Waals surface area contributed by atoms with Gasteiger partial charge in [-0.1, -0.05) is 30.3 Å². The first-order valence-corrected chi connectivity index (χ1v) is 5.93. The normalized spacial score (nSPS) is 18.4. The lowest BCUT2D eigenvalue weighted by Gasteiger charge is -2.32. The van der Waals surface area contributed by atoms with E-state index in [2.05, 4.69) is 60.0 Å². The molecule has 1 heterocycles. The molecule has 1 aliphatic rings. The molecule has 0 amide bonds. The number of hydrogen-bond donors (Lipinski definition) is 2. The number of nitrogens with one attached hydrogen (secondary N) is 2. The van der Waals surface area contributed by atoms with Crippen molar-refractivity contribution in [2.24, 2.45) is 0 Å². The van der Waals surface area contributed by atoms with Gasteiger partial charge in [0.15, 0.2) is 0 Å². The first-order valence-electron chi connectivity index (χ1n) is 5.93. The first kappa shape index (κ1) is 11.6. The molecule has 1 aliphatic heterocycles. The summed E-state index contributed by atoms with van der Waals surface area (Å²) in [7, 11) is 4.27. The van der Waals surface area contributed by atoms with Crippen LogP contribution in [-0.2, 0) is 0 Å². The third-order valence-corrected chi connectivity index (χ3v) is 3.19. The summed E-state index contributed by atoms with van der Waals surface area (Å²) in [6, 6.07) is 11.8. The second kappa shape index (κ2) is 5.43. The molecule has 0 saturated carbocycles. The Balaban J connectivity index is 1.94. The Kier molecular flexibility index (Phi) is 3.93. The van der Waals surface area contributed by atoms with Crippen molar-refractivity contribution in [3.63, 3.8) is 0 Å². The molecule has 0 aliphatic carbocycles. The summed E-state index contributed by atoms with van der Waals surface area (Å²) >= 11 is 0. The van der Waals surface area contributed by atoms with E-state index in [9.17, 15) is 0 Å². The Bertz CT molecular complexity index is 306. The summed E-state index contributed by atoms with van der Waals surface area (Å²) < 4.78 is 0. The Labute approximate surface area is 97.8 Å². The number of rotatable bonds is 5. The van der Waals surface area contributed by atoms with Gasteiger partial charge in [-0.25, -0.2) is 0 Å². The predicted molar refractivity (Wildman–Crippen MR) is 67.5 cm³/mol. The zero-order valence-corrected chi connectivity index (χ0v) is 10.1. The van der Waals surface area contributed by atoms with Gasteiger partial charge in [0.25, 0.3) is 0 Å². The van der Waals surface area contributed by atoms with Crippen LogP contribution in [0, 0.1) is 0 Å². The molecule has 1 saturated heterocycles. The van der Waals surface area contributed by atoms with Crippen molar-refractivity contribution in [2.75, 3.05) is 33.7 Å². The predicted octanol–water partition coefficient (Wildman–Crippen LogP) is 0.851. The summed E-state index contributed by atoms with van der Waals surface area (Å²) in [6.07, 6.45) is 0. The second-order valence-corrected chi connectivity index (χ2v) is 4.65. The monoisotopic (exact) mass is 219 g/mol. The summed E-state index contributed by atoms with van der Waals surface area (Å²) in [6.45, 7) is 3.23. The molecule has 2 N–H and O–H groups in total. The lowest BCUT2D eigenvalue weighted by Crippen LogP contribution is -2.56. The molecule has 1 aromatic carbocycles. The van der Waals surface area contributed by atoms with E-state index in [-0.39, 0.29) is 0 Å². The molecule has 1 fully saturated rings. The van der Waals surface area contributed by atoms with E-state index in [0.717, 1.165) is 19.6 Å². The third kappa shape index (κ3) is 2.82. The highest BCUT2D eigenvalue weighted by Gasteiger charge is 2.19. The van der Waals surface area contributed by atoms with Crippen molar-refractivity contribution < 1.29 is 0 Å². The Morgan fingerprint density at radius 1 is 1.31 bits per heavy atom. The highest BCUT2D eigenvalue weighted by atomic mass is 15.2. The van der Waals surface area contributed by atoms with Gasteiger partial charge in [0.2, 0.25) is 0 Å². The minimum atomic E-state index is 0.460. The minimum absolute atomic E-state index is 0.460. The van der Waals surface area contributed by atoms with Gasteiger partial charge in [-0.05, 0) is 19.7 Å². The summed E-state index contributed by atoms with van der Waals surface area (Å²) in [4.78, 5) is 2.27. The molecule has 1 atom stereocenters. The van der Waals surface area contributed by atoms with Crippen LogP contribution < -0.4 is 10.6 Å². The number of likely N-dealkylation sites (N-methyl/N-ethyl adjacent to an activating group) is 1. The van der Waals surface area contributed by atoms with Gasteiger partial charge in [-0.2, -0.15) is 0 Å². The van der Waals surface area contributed by atoms with E-state index in [1.165, 1.54) is 5.56 Å². The average Bonchev–Trinajstić information content (AvgIpc) is 2.22. The van der Waals surface area contributed by atoms with E-state index in [1.807, 2.05) is 0 Å². The van der Waals surface area contributed by atoms with Crippen molar-refractivity contribution >= 4 is 0 Å². The van der Waals surface area contributed by atoms with Gasteiger partial charge < -0.3 is 15.5 Å². The lowest BCUT2D eigenvalue weighted by molar-refractivity contribution is 0.262. The average molecular weight is 219 g/mol. The maximum absolute atomic E-state index is 3.59. The van der Waals surface area contributed by atoms with E-state index in [4.69, 9.17) is 0 Å². The van der Waals surface area contributed by atoms with Crippen molar-refractivity contribution in [3.8, 4) is 0 Å². The summed E-state index contributed by atoms with van der Waals surface area (Å²) in [5.41, 5.74) is 1.38. The van der Waals surface area contributed by atoms with E-state index in [1.54, 1.807) is 0 Å². The Morgan fingerprint density at radius 2 is 2.00 bits per heavy atom. The summed E-state index contributed by atoms with van der Waals surface area (Å²) in [5.74, 6) is 0. The van der Waals surface area contributed by atoms with E-state index < -0.39 is 0 Å². The highest BCUT2D eigenvalue weighted by Crippen LogP contribution is 2.16. The second-order valence-electron chi connectivity index (χ2n) is 4.65. The minimum Gasteiger partial charge on any atom is -0.314 e. The molecule has 2 rings (SSSR count). The molecule has 1 unspecified atom stereocenters. The molecule has 0 radical (unpaired) electrons. The van der Waals surface area contributed by atoms with Crippen LogP contribution in [0.25, 0.3) is 0 Å². The van der Waals surface area contributed by atoms with Crippen LogP contribution in [0.5, 0.6) is 0 Å².